The number of rotatable bonds is 4. The lowest BCUT2D eigenvalue weighted by Crippen LogP contribution is -2.59. The van der Waals surface area contributed by atoms with Gasteiger partial charge in [-0.05, 0) is 29.3 Å². The average Bonchev–Trinajstić information content (AvgIpc) is 2.76. The zero-order chi connectivity index (χ0) is 23.2. The van der Waals surface area contributed by atoms with Crippen LogP contribution in [0.1, 0.15) is 34.0 Å². The van der Waals surface area contributed by atoms with E-state index in [0.29, 0.717) is 5.56 Å². The molecule has 10 nitrogen and oxygen atoms in total. The Labute approximate surface area is 182 Å². The Kier molecular flexibility index (Phi) is 5.97. The molecule has 2 aliphatic rings. The van der Waals surface area contributed by atoms with Gasteiger partial charge < -0.3 is 45.2 Å². The summed E-state index contributed by atoms with van der Waals surface area (Å²) in [6, 6.07) is 6.78. The van der Waals surface area contributed by atoms with Crippen molar-refractivity contribution in [1.29, 1.82) is 0 Å². The third-order valence-electron chi connectivity index (χ3n) is 5.90. The highest BCUT2D eigenvalue weighted by Crippen LogP contribution is 2.40. The second-order valence-corrected chi connectivity index (χ2v) is 8.03. The molecule has 6 atom stereocenters. The van der Waals surface area contributed by atoms with Crippen LogP contribution in [0.25, 0.3) is 0 Å². The van der Waals surface area contributed by atoms with Crippen LogP contribution >= 0.6 is 0 Å². The quantitative estimate of drug-likeness (QED) is 0.312. The molecular formula is C22H24O10. The zero-order valence-electron chi connectivity index (χ0n) is 16.8. The van der Waals surface area contributed by atoms with Gasteiger partial charge in [-0.3, -0.25) is 4.79 Å². The lowest BCUT2D eigenvalue weighted by atomic mass is 9.89. The Morgan fingerprint density at radius 3 is 2.28 bits per heavy atom. The number of aromatic hydroxyl groups is 3. The van der Waals surface area contributed by atoms with Crippen molar-refractivity contribution < 1.29 is 50.0 Å². The fourth-order valence-corrected chi connectivity index (χ4v) is 4.06. The Hall–Kier alpha value is -2.89. The molecule has 0 aliphatic carbocycles. The maximum atomic E-state index is 12.8. The van der Waals surface area contributed by atoms with Gasteiger partial charge in [0.05, 0.1) is 24.7 Å². The Bertz CT molecular complexity index is 1020. The van der Waals surface area contributed by atoms with E-state index < -0.39 is 43.2 Å². The number of aliphatic hydroxyl groups excluding tert-OH is 4. The van der Waals surface area contributed by atoms with Crippen LogP contribution in [0.4, 0.5) is 0 Å². The van der Waals surface area contributed by atoms with Crippen molar-refractivity contribution in [3.63, 3.8) is 0 Å². The average molecular weight is 448 g/mol. The first-order valence-electron chi connectivity index (χ1n) is 10.1. The van der Waals surface area contributed by atoms with E-state index in [2.05, 4.69) is 0 Å². The second-order valence-electron chi connectivity index (χ2n) is 8.03. The van der Waals surface area contributed by atoms with E-state index in [-0.39, 0.29) is 52.7 Å². The van der Waals surface area contributed by atoms with E-state index in [1.807, 2.05) is 0 Å². The van der Waals surface area contributed by atoms with Gasteiger partial charge in [-0.1, -0.05) is 6.07 Å². The monoisotopic (exact) mass is 448 g/mol. The van der Waals surface area contributed by atoms with Crippen LogP contribution in [0.2, 0.25) is 0 Å². The van der Waals surface area contributed by atoms with E-state index >= 15 is 0 Å². The lowest BCUT2D eigenvalue weighted by Gasteiger charge is -2.40. The van der Waals surface area contributed by atoms with Crippen molar-refractivity contribution in [2.75, 3.05) is 6.61 Å². The molecule has 2 heterocycles. The Morgan fingerprint density at radius 2 is 1.59 bits per heavy atom. The number of ketones is 1. The third-order valence-corrected chi connectivity index (χ3v) is 5.90. The fourth-order valence-electron chi connectivity index (χ4n) is 4.06. The van der Waals surface area contributed by atoms with Crippen LogP contribution in [-0.4, -0.2) is 78.7 Å². The molecule has 1 fully saturated rings. The molecule has 0 bridgehead atoms. The number of fused-ring (bicyclic) bond motifs is 1. The van der Waals surface area contributed by atoms with Crippen molar-refractivity contribution >= 4 is 5.78 Å². The smallest absolute Gasteiger partial charge is 0.170 e. The predicted octanol–water partition coefficient (Wildman–Crippen LogP) is -0.105. The Balaban J connectivity index is 1.57. The highest BCUT2D eigenvalue weighted by atomic mass is 16.5. The van der Waals surface area contributed by atoms with Crippen LogP contribution in [0, 0.1) is 0 Å². The molecule has 0 aromatic heterocycles. The normalized spacial score (nSPS) is 29.9. The summed E-state index contributed by atoms with van der Waals surface area (Å²) in [5.74, 6) is -1.02. The van der Waals surface area contributed by atoms with Crippen molar-refractivity contribution in [2.24, 2.45) is 0 Å². The summed E-state index contributed by atoms with van der Waals surface area (Å²) in [4.78, 5) is 12.8. The standard InChI is InChI=1S/C22H24O10/c23-8-19-21(29)22(30)20(28)18(32-19)5-10-3-11-14(26)7-16(31-17(11)6-13(10)25)9-1-2-12(24)15(27)4-9/h1-4,6,16,18-25,27-30H,5,7-8H2/t16-,18-,19+,20-,21+,22+/m0/s1. The minimum atomic E-state index is -1.54. The molecule has 0 unspecified atom stereocenters. The van der Waals surface area contributed by atoms with Gasteiger partial charge in [0.2, 0.25) is 0 Å². The molecule has 7 N–H and O–H groups in total. The van der Waals surface area contributed by atoms with Crippen LogP contribution in [0.5, 0.6) is 23.0 Å². The first kappa shape index (κ1) is 22.3. The van der Waals surface area contributed by atoms with E-state index in [0.717, 1.165) is 0 Å². The number of ether oxygens (including phenoxy) is 2. The lowest BCUT2D eigenvalue weighted by molar-refractivity contribution is -0.228. The maximum absolute atomic E-state index is 12.8. The van der Waals surface area contributed by atoms with Crippen LogP contribution in [0.15, 0.2) is 30.3 Å². The zero-order valence-corrected chi connectivity index (χ0v) is 16.8. The van der Waals surface area contributed by atoms with E-state index in [1.54, 1.807) is 0 Å². The number of Topliss-reactive ketones (excluding diaryl/α,β-unsaturated/α-hetero) is 1. The van der Waals surface area contributed by atoms with Gasteiger partial charge >= 0.3 is 0 Å². The Morgan fingerprint density at radius 1 is 0.875 bits per heavy atom. The van der Waals surface area contributed by atoms with Crippen LogP contribution in [-0.2, 0) is 11.2 Å². The molecule has 2 aromatic rings. The van der Waals surface area contributed by atoms with Crippen LogP contribution in [0.3, 0.4) is 0 Å². The van der Waals surface area contributed by atoms with Gasteiger partial charge in [0, 0.05) is 12.5 Å². The highest BCUT2D eigenvalue weighted by molar-refractivity contribution is 6.00. The van der Waals surface area contributed by atoms with E-state index in [4.69, 9.17) is 9.47 Å². The molecule has 172 valence electrons. The SMILES string of the molecule is O=C1C[C@@H](c2ccc(O)c(O)c2)Oc2cc(O)c(C[C@@H]3O[C@H](CO)[C@@H](O)[C@H](O)[C@H]3O)cc21. The summed E-state index contributed by atoms with van der Waals surface area (Å²) >= 11 is 0. The van der Waals surface area contributed by atoms with Gasteiger partial charge in [0.1, 0.15) is 42.0 Å². The van der Waals surface area contributed by atoms with E-state index in [9.17, 15) is 40.5 Å². The number of carbonyl (C=O) groups is 1. The number of hydrogen-bond acceptors (Lipinski definition) is 10. The second kappa shape index (κ2) is 8.57. The maximum Gasteiger partial charge on any atom is 0.170 e. The molecule has 0 radical (unpaired) electrons. The fraction of sp³-hybridized carbons (Fsp3) is 0.409. The number of benzene rings is 2. The summed E-state index contributed by atoms with van der Waals surface area (Å²) < 4.78 is 11.3. The third kappa shape index (κ3) is 3.98. The molecule has 4 rings (SSSR count). The number of phenols is 3. The summed E-state index contributed by atoms with van der Waals surface area (Å²) in [6.45, 7) is -0.571. The number of hydrogen-bond donors (Lipinski definition) is 7. The summed E-state index contributed by atoms with van der Waals surface area (Å²) in [5, 5.41) is 69.1. The van der Waals surface area contributed by atoms with Gasteiger partial charge in [-0.25, -0.2) is 0 Å². The van der Waals surface area contributed by atoms with Gasteiger partial charge in [-0.15, -0.1) is 0 Å². The molecule has 0 saturated carbocycles. The highest BCUT2D eigenvalue weighted by Gasteiger charge is 2.43. The number of carbonyl (C=O) groups excluding carboxylic acids is 1. The predicted molar refractivity (Wildman–Crippen MR) is 108 cm³/mol. The molecule has 0 amide bonds. The molecule has 1 saturated heterocycles. The summed E-state index contributed by atoms with van der Waals surface area (Å²) in [7, 11) is 0. The van der Waals surface area contributed by atoms with Crippen molar-refractivity contribution in [1.82, 2.24) is 0 Å². The molecule has 10 heteroatoms. The molecular weight excluding hydrogens is 424 g/mol. The first-order chi connectivity index (χ1) is 15.2. The molecule has 2 aliphatic heterocycles. The topological polar surface area (TPSA) is 177 Å². The summed E-state index contributed by atoms with van der Waals surface area (Å²) in [6.07, 6.45) is -7.48. The van der Waals surface area contributed by atoms with Crippen molar-refractivity contribution in [2.45, 2.75) is 49.5 Å². The minimum absolute atomic E-state index is 0.0402. The van der Waals surface area contributed by atoms with Crippen LogP contribution < -0.4 is 4.74 Å². The van der Waals surface area contributed by atoms with Gasteiger partial charge in [-0.2, -0.15) is 0 Å². The largest absolute Gasteiger partial charge is 0.508 e. The molecule has 2 aromatic carbocycles. The molecule has 32 heavy (non-hydrogen) atoms. The van der Waals surface area contributed by atoms with Gasteiger partial charge in [0.15, 0.2) is 17.3 Å². The number of aliphatic hydroxyl groups is 4. The van der Waals surface area contributed by atoms with Gasteiger partial charge in [0.25, 0.3) is 0 Å². The van der Waals surface area contributed by atoms with Crippen molar-refractivity contribution in [3.05, 3.63) is 47.0 Å². The minimum Gasteiger partial charge on any atom is -0.508 e. The van der Waals surface area contributed by atoms with Crippen molar-refractivity contribution in [3.8, 4) is 23.0 Å². The molecule has 0 spiro atoms. The summed E-state index contributed by atoms with van der Waals surface area (Å²) in [5.41, 5.74) is 0.941. The first-order valence-corrected chi connectivity index (χ1v) is 10.1. The van der Waals surface area contributed by atoms with E-state index in [1.165, 1.54) is 30.3 Å². The number of phenolic OH excluding ortho intramolecular Hbond substituents is 3.